The minimum Gasteiger partial charge on any atom is -0.497 e. The van der Waals surface area contributed by atoms with Crippen molar-refractivity contribution >= 4 is 27.3 Å². The lowest BCUT2D eigenvalue weighted by Gasteiger charge is -2.25. The van der Waals surface area contributed by atoms with E-state index in [0.717, 1.165) is 28.3 Å². The monoisotopic (exact) mass is 505 g/mol. The number of sulfonamides is 1. The Morgan fingerprint density at radius 3 is 2.39 bits per heavy atom. The van der Waals surface area contributed by atoms with Gasteiger partial charge in [0.05, 0.1) is 31.4 Å². The van der Waals surface area contributed by atoms with Crippen LogP contribution in [-0.4, -0.2) is 35.1 Å². The lowest BCUT2D eigenvalue weighted by molar-refractivity contribution is -0.114. The molecule has 0 heterocycles. The number of nitriles is 1. The van der Waals surface area contributed by atoms with Gasteiger partial charge in [-0.15, -0.1) is 0 Å². The number of ether oxygens (including phenoxy) is 2. The van der Waals surface area contributed by atoms with Gasteiger partial charge in [0.1, 0.15) is 22.9 Å². The summed E-state index contributed by atoms with van der Waals surface area (Å²) >= 11 is 0. The number of carbonyl (C=O) groups excluding carboxylic acids is 1. The molecule has 1 amide bonds. The van der Waals surface area contributed by atoms with Crippen LogP contribution in [0, 0.1) is 18.3 Å². The summed E-state index contributed by atoms with van der Waals surface area (Å²) in [6.07, 6.45) is 1.65. The second-order valence-corrected chi connectivity index (χ2v) is 10.5. The molecule has 4 rings (SSSR count). The molecule has 9 heteroatoms. The molecular formula is C27H27N3O5S. The van der Waals surface area contributed by atoms with Gasteiger partial charge in [-0.2, -0.15) is 5.26 Å². The van der Waals surface area contributed by atoms with E-state index in [-0.39, 0.29) is 16.3 Å². The first-order valence-corrected chi connectivity index (χ1v) is 12.8. The third-order valence-corrected chi connectivity index (χ3v) is 8.00. The summed E-state index contributed by atoms with van der Waals surface area (Å²) < 4.78 is 39.3. The van der Waals surface area contributed by atoms with Gasteiger partial charge in [0.25, 0.3) is 10.0 Å². The van der Waals surface area contributed by atoms with Gasteiger partial charge in [0.2, 0.25) is 5.91 Å². The van der Waals surface area contributed by atoms with Gasteiger partial charge in [-0.25, -0.2) is 8.42 Å². The van der Waals surface area contributed by atoms with Gasteiger partial charge < -0.3 is 14.8 Å². The Bertz CT molecular complexity index is 1420. The zero-order valence-corrected chi connectivity index (χ0v) is 21.1. The molecule has 0 atom stereocenters. The highest BCUT2D eigenvalue weighted by molar-refractivity contribution is 7.93. The van der Waals surface area contributed by atoms with Crippen LogP contribution >= 0.6 is 0 Å². The van der Waals surface area contributed by atoms with Crippen molar-refractivity contribution in [3.8, 4) is 17.6 Å². The molecule has 1 fully saturated rings. The van der Waals surface area contributed by atoms with E-state index >= 15 is 0 Å². The number of carbonyl (C=O) groups is 1. The summed E-state index contributed by atoms with van der Waals surface area (Å²) in [4.78, 5) is 13.0. The van der Waals surface area contributed by atoms with Crippen molar-refractivity contribution in [1.82, 2.24) is 0 Å². The normalized spacial score (nSPS) is 13.8. The molecule has 36 heavy (non-hydrogen) atoms. The SMILES string of the molecule is COc1cccc(N(CC(=O)Nc2ccc(C3(C#N)CC3)cc2)S(=O)(=O)c2cc(C)ccc2OC)c1. The van der Waals surface area contributed by atoms with Crippen LogP contribution in [-0.2, 0) is 20.2 Å². The molecule has 0 aromatic heterocycles. The van der Waals surface area contributed by atoms with E-state index in [9.17, 15) is 18.5 Å². The van der Waals surface area contributed by atoms with E-state index in [1.165, 1.54) is 20.3 Å². The van der Waals surface area contributed by atoms with Crippen molar-refractivity contribution in [2.24, 2.45) is 0 Å². The van der Waals surface area contributed by atoms with Crippen LogP contribution in [0.5, 0.6) is 11.5 Å². The third-order valence-electron chi connectivity index (χ3n) is 6.20. The van der Waals surface area contributed by atoms with Crippen LogP contribution in [0.4, 0.5) is 11.4 Å². The standard InChI is InChI=1S/C27H27N3O5S/c1-19-7-12-24(35-3)25(15-19)36(32,33)30(22-5-4-6-23(16-22)34-2)17-26(31)29-21-10-8-20(9-11-21)27(18-28)13-14-27/h4-12,15-16H,13-14,17H2,1-3H3,(H,29,31). The first kappa shape index (κ1) is 25.1. The summed E-state index contributed by atoms with van der Waals surface area (Å²) in [6.45, 7) is 1.30. The maximum absolute atomic E-state index is 13.8. The zero-order valence-electron chi connectivity index (χ0n) is 20.3. The Kier molecular flexibility index (Phi) is 6.91. The molecule has 0 unspecified atom stereocenters. The maximum atomic E-state index is 13.8. The highest BCUT2D eigenvalue weighted by Crippen LogP contribution is 2.47. The van der Waals surface area contributed by atoms with E-state index in [1.807, 2.05) is 12.1 Å². The van der Waals surface area contributed by atoms with Crippen molar-refractivity contribution in [2.75, 3.05) is 30.4 Å². The molecule has 8 nitrogen and oxygen atoms in total. The van der Waals surface area contributed by atoms with Crippen LogP contribution in [0.2, 0.25) is 0 Å². The van der Waals surface area contributed by atoms with Crippen LogP contribution in [0.1, 0.15) is 24.0 Å². The molecule has 186 valence electrons. The fourth-order valence-electron chi connectivity index (χ4n) is 3.98. The highest BCUT2D eigenvalue weighted by atomic mass is 32.2. The largest absolute Gasteiger partial charge is 0.497 e. The molecule has 0 bridgehead atoms. The summed E-state index contributed by atoms with van der Waals surface area (Å²) in [6, 6.07) is 20.8. The van der Waals surface area contributed by atoms with E-state index in [4.69, 9.17) is 9.47 Å². The molecule has 0 aliphatic heterocycles. The molecule has 0 radical (unpaired) electrons. The lowest BCUT2D eigenvalue weighted by atomic mass is 9.98. The summed E-state index contributed by atoms with van der Waals surface area (Å²) in [7, 11) is -1.32. The van der Waals surface area contributed by atoms with E-state index in [1.54, 1.807) is 55.5 Å². The number of nitrogens with one attached hydrogen (secondary N) is 1. The first-order valence-electron chi connectivity index (χ1n) is 11.4. The van der Waals surface area contributed by atoms with Crippen LogP contribution in [0.25, 0.3) is 0 Å². The number of benzene rings is 3. The highest BCUT2D eigenvalue weighted by Gasteiger charge is 2.44. The van der Waals surface area contributed by atoms with E-state index in [0.29, 0.717) is 11.4 Å². The molecule has 3 aromatic carbocycles. The topological polar surface area (TPSA) is 109 Å². The number of methoxy groups -OCH3 is 2. The fourth-order valence-corrected chi connectivity index (χ4v) is 5.63. The van der Waals surface area contributed by atoms with Gasteiger partial charge in [-0.05, 0) is 67.3 Å². The number of amides is 1. The number of nitrogens with zero attached hydrogens (tertiary/aromatic N) is 2. The lowest BCUT2D eigenvalue weighted by Crippen LogP contribution is -2.38. The number of rotatable bonds is 9. The average Bonchev–Trinajstić information content (AvgIpc) is 3.69. The van der Waals surface area contributed by atoms with Crippen LogP contribution in [0.15, 0.2) is 71.6 Å². The van der Waals surface area contributed by atoms with Crippen molar-refractivity contribution in [3.63, 3.8) is 0 Å². The summed E-state index contributed by atoms with van der Waals surface area (Å²) in [5.41, 5.74) is 2.00. The Balaban J connectivity index is 1.65. The van der Waals surface area contributed by atoms with Gasteiger partial charge in [0.15, 0.2) is 0 Å². The number of hydrogen-bond acceptors (Lipinski definition) is 6. The smallest absolute Gasteiger partial charge is 0.268 e. The van der Waals surface area contributed by atoms with Gasteiger partial charge in [-0.3, -0.25) is 9.10 Å². The maximum Gasteiger partial charge on any atom is 0.268 e. The quantitative estimate of drug-likeness (QED) is 0.462. The van der Waals surface area contributed by atoms with Crippen molar-refractivity contribution in [2.45, 2.75) is 30.1 Å². The van der Waals surface area contributed by atoms with Crippen molar-refractivity contribution in [3.05, 3.63) is 77.9 Å². The minimum absolute atomic E-state index is 0.0452. The Hall–Kier alpha value is -4.03. The Morgan fingerprint density at radius 1 is 1.06 bits per heavy atom. The molecule has 0 spiro atoms. The first-order chi connectivity index (χ1) is 17.2. The summed E-state index contributed by atoms with van der Waals surface area (Å²) in [5.74, 6) is 0.101. The zero-order chi connectivity index (χ0) is 25.9. The second-order valence-electron chi connectivity index (χ2n) is 8.69. The number of aryl methyl sites for hydroxylation is 1. The Labute approximate surface area is 211 Å². The van der Waals surface area contributed by atoms with Crippen LogP contribution in [0.3, 0.4) is 0 Å². The predicted octanol–water partition coefficient (Wildman–Crippen LogP) is 4.40. The molecule has 1 saturated carbocycles. The van der Waals surface area contributed by atoms with Crippen LogP contribution < -0.4 is 19.1 Å². The average molecular weight is 506 g/mol. The van der Waals surface area contributed by atoms with Gasteiger partial charge in [0, 0.05) is 11.8 Å². The second kappa shape index (κ2) is 9.91. The molecule has 3 aromatic rings. The third kappa shape index (κ3) is 4.99. The molecule has 1 N–H and O–H groups in total. The number of anilines is 2. The molecule has 1 aliphatic rings. The number of hydrogen-bond donors (Lipinski definition) is 1. The van der Waals surface area contributed by atoms with Gasteiger partial charge in [-0.1, -0.05) is 24.3 Å². The predicted molar refractivity (Wildman–Crippen MR) is 137 cm³/mol. The fraction of sp³-hybridized carbons (Fsp3) is 0.259. The molecule has 0 saturated heterocycles. The van der Waals surface area contributed by atoms with Crippen molar-refractivity contribution in [1.29, 1.82) is 5.26 Å². The van der Waals surface area contributed by atoms with E-state index in [2.05, 4.69) is 11.4 Å². The van der Waals surface area contributed by atoms with Gasteiger partial charge >= 0.3 is 0 Å². The summed E-state index contributed by atoms with van der Waals surface area (Å²) in [5, 5.41) is 12.2. The minimum atomic E-state index is -4.20. The van der Waals surface area contributed by atoms with E-state index < -0.39 is 27.9 Å². The Morgan fingerprint density at radius 2 is 1.78 bits per heavy atom. The molecule has 1 aliphatic carbocycles. The van der Waals surface area contributed by atoms with Crippen molar-refractivity contribution < 1.29 is 22.7 Å². The molecular weight excluding hydrogens is 478 g/mol.